The van der Waals surface area contributed by atoms with Crippen LogP contribution in [0.25, 0.3) is 0 Å². The number of esters is 2. The molecule has 0 fully saturated rings. The lowest BCUT2D eigenvalue weighted by atomic mass is 10.0. The molecule has 0 aromatic heterocycles. The minimum Gasteiger partial charge on any atom is -0.462 e. The molecule has 0 aliphatic rings. The number of carbonyl (C=O) groups is 2. The van der Waals surface area contributed by atoms with Gasteiger partial charge in [0.1, 0.15) is 6.61 Å². The molecule has 5 heteroatoms. The first-order valence-corrected chi connectivity index (χ1v) is 31.5. The molecule has 0 heterocycles. The van der Waals surface area contributed by atoms with E-state index in [4.69, 9.17) is 14.2 Å². The predicted octanol–water partition coefficient (Wildman–Crippen LogP) is 21.8. The van der Waals surface area contributed by atoms with E-state index in [0.29, 0.717) is 19.4 Å². The smallest absolute Gasteiger partial charge is 0.306 e. The molecule has 0 aromatic rings. The zero-order valence-corrected chi connectivity index (χ0v) is 48.2. The molecular weight excluding hydrogens is 885 g/mol. The van der Waals surface area contributed by atoms with Crippen molar-refractivity contribution < 1.29 is 23.8 Å². The summed E-state index contributed by atoms with van der Waals surface area (Å²) in [7, 11) is 0. The van der Waals surface area contributed by atoms with Crippen molar-refractivity contribution >= 4 is 11.9 Å². The number of allylic oxidation sites excluding steroid dienone is 12. The van der Waals surface area contributed by atoms with E-state index in [2.05, 4.69) is 93.7 Å². The van der Waals surface area contributed by atoms with Gasteiger partial charge in [-0.3, -0.25) is 9.59 Å². The lowest BCUT2D eigenvalue weighted by Gasteiger charge is -2.18. The van der Waals surface area contributed by atoms with Crippen LogP contribution in [0.3, 0.4) is 0 Å². The lowest BCUT2D eigenvalue weighted by molar-refractivity contribution is -0.163. The highest BCUT2D eigenvalue weighted by Crippen LogP contribution is 2.16. The highest BCUT2D eigenvalue weighted by Gasteiger charge is 2.17. The van der Waals surface area contributed by atoms with E-state index >= 15 is 0 Å². The Kier molecular flexibility index (Phi) is 60.3. The van der Waals surface area contributed by atoms with Crippen molar-refractivity contribution in [2.75, 3.05) is 19.8 Å². The van der Waals surface area contributed by atoms with Crippen LogP contribution in [0.5, 0.6) is 0 Å². The van der Waals surface area contributed by atoms with Gasteiger partial charge < -0.3 is 14.2 Å². The van der Waals surface area contributed by atoms with Crippen LogP contribution in [0.1, 0.15) is 316 Å². The summed E-state index contributed by atoms with van der Waals surface area (Å²) in [6.45, 7) is 7.73. The van der Waals surface area contributed by atoms with E-state index in [1.54, 1.807) is 0 Å². The average Bonchev–Trinajstić information content (AvgIpc) is 3.38. The van der Waals surface area contributed by atoms with Gasteiger partial charge in [0.2, 0.25) is 0 Å². The van der Waals surface area contributed by atoms with Gasteiger partial charge in [-0.15, -0.1) is 0 Å². The molecule has 0 aliphatic carbocycles. The van der Waals surface area contributed by atoms with Gasteiger partial charge in [0.15, 0.2) is 6.10 Å². The summed E-state index contributed by atoms with van der Waals surface area (Å²) in [6.07, 6.45) is 82.2. The van der Waals surface area contributed by atoms with E-state index in [1.165, 1.54) is 199 Å². The van der Waals surface area contributed by atoms with Crippen LogP contribution < -0.4 is 0 Å². The Balaban J connectivity index is 4.30. The Morgan fingerprint density at radius 1 is 0.319 bits per heavy atom. The van der Waals surface area contributed by atoms with Crippen molar-refractivity contribution in [2.24, 2.45) is 0 Å². The molecule has 0 radical (unpaired) electrons. The van der Waals surface area contributed by atoms with Gasteiger partial charge in [0.05, 0.1) is 6.61 Å². The van der Waals surface area contributed by atoms with Gasteiger partial charge in [-0.05, 0) is 89.9 Å². The lowest BCUT2D eigenvalue weighted by Crippen LogP contribution is -2.30. The molecule has 0 unspecified atom stereocenters. The highest BCUT2D eigenvalue weighted by atomic mass is 16.6. The zero-order valence-electron chi connectivity index (χ0n) is 48.2. The average molecular weight is 1010 g/mol. The molecule has 1 atom stereocenters. The molecule has 5 nitrogen and oxygen atoms in total. The van der Waals surface area contributed by atoms with Gasteiger partial charge in [0, 0.05) is 19.4 Å². The van der Waals surface area contributed by atoms with Crippen LogP contribution in [0.2, 0.25) is 0 Å². The molecule has 0 saturated heterocycles. The molecule has 0 saturated carbocycles. The van der Waals surface area contributed by atoms with Gasteiger partial charge in [-0.25, -0.2) is 0 Å². The van der Waals surface area contributed by atoms with Crippen LogP contribution in [-0.4, -0.2) is 37.9 Å². The topological polar surface area (TPSA) is 61.8 Å². The van der Waals surface area contributed by atoms with Crippen LogP contribution >= 0.6 is 0 Å². The minimum atomic E-state index is -0.555. The maximum atomic E-state index is 12.9. The summed E-state index contributed by atoms with van der Waals surface area (Å²) in [5.41, 5.74) is 0. The highest BCUT2D eigenvalue weighted by molar-refractivity contribution is 5.70. The van der Waals surface area contributed by atoms with Crippen molar-refractivity contribution in [3.8, 4) is 0 Å². The van der Waals surface area contributed by atoms with Crippen molar-refractivity contribution in [3.63, 3.8) is 0 Å². The molecule has 0 spiro atoms. The number of hydrogen-bond acceptors (Lipinski definition) is 5. The molecule has 72 heavy (non-hydrogen) atoms. The van der Waals surface area contributed by atoms with Crippen LogP contribution in [0.4, 0.5) is 0 Å². The Hall–Kier alpha value is -2.66. The first kappa shape index (κ1) is 69.3. The van der Waals surface area contributed by atoms with Crippen molar-refractivity contribution in [3.05, 3.63) is 72.9 Å². The molecule has 0 amide bonds. The second-order valence-electron chi connectivity index (χ2n) is 20.9. The summed E-state index contributed by atoms with van der Waals surface area (Å²) >= 11 is 0. The monoisotopic (exact) mass is 1000 g/mol. The summed E-state index contributed by atoms with van der Waals surface area (Å²) in [5.74, 6) is -0.420. The molecule has 0 aliphatic heterocycles. The third-order valence-corrected chi connectivity index (χ3v) is 13.7. The summed E-state index contributed by atoms with van der Waals surface area (Å²) < 4.78 is 17.5. The van der Waals surface area contributed by atoms with E-state index in [-0.39, 0.29) is 25.2 Å². The Morgan fingerprint density at radius 2 is 0.625 bits per heavy atom. The molecule has 0 aromatic carbocycles. The number of hydrogen-bond donors (Lipinski definition) is 0. The maximum Gasteiger partial charge on any atom is 0.306 e. The van der Waals surface area contributed by atoms with Crippen LogP contribution in [-0.2, 0) is 23.8 Å². The fourth-order valence-corrected chi connectivity index (χ4v) is 9.06. The third kappa shape index (κ3) is 59.9. The zero-order chi connectivity index (χ0) is 52.0. The third-order valence-electron chi connectivity index (χ3n) is 13.7. The largest absolute Gasteiger partial charge is 0.462 e. The van der Waals surface area contributed by atoms with E-state index in [1.807, 2.05) is 0 Å². The Labute approximate surface area is 448 Å². The van der Waals surface area contributed by atoms with Gasteiger partial charge in [-0.2, -0.15) is 0 Å². The molecule has 0 N–H and O–H groups in total. The number of rotatable bonds is 58. The standard InChI is InChI=1S/C67H120O5/c1-4-7-10-13-16-19-22-25-28-31-33-34-36-37-39-42-45-48-51-54-57-60-66(68)71-64-65(63-70-62-59-56-53-50-47-44-41-30-27-24-21-18-15-12-9-6-3)72-67(69)61-58-55-52-49-46-43-40-38-35-32-29-26-23-20-17-14-11-8-5-2/h8,11,17,20,25-26,28-29,35,38,43,46,65H,4-7,9-10,12-16,18-19,21-24,27,30-34,36-37,39-42,44-45,47-64H2,1-3H3/b11-8-,20-17-,28-25-,29-26-,38-35-,46-43-/t65-/m1/s1. The molecule has 418 valence electrons. The van der Waals surface area contributed by atoms with Crippen LogP contribution in [0.15, 0.2) is 72.9 Å². The first-order valence-electron chi connectivity index (χ1n) is 31.5. The Bertz CT molecular complexity index is 1270. The number of ether oxygens (including phenoxy) is 3. The second kappa shape index (κ2) is 62.6. The van der Waals surface area contributed by atoms with Crippen molar-refractivity contribution in [2.45, 2.75) is 322 Å². The van der Waals surface area contributed by atoms with Crippen LogP contribution in [0, 0.1) is 0 Å². The first-order chi connectivity index (χ1) is 35.6. The predicted molar refractivity (Wildman–Crippen MR) is 316 cm³/mol. The SMILES string of the molecule is CC/C=C\C/C=C\C/C=C\C/C=C\C/C=C\CCCCCC(=O)O[C@H](COCCCCCCCCCCCCCCCCCC)COC(=O)CCCCCCCCCCCCC/C=C\CCCCCCCC. The van der Waals surface area contributed by atoms with E-state index in [9.17, 15) is 9.59 Å². The fraction of sp³-hybridized carbons (Fsp3) is 0.791. The van der Waals surface area contributed by atoms with Crippen molar-refractivity contribution in [1.29, 1.82) is 0 Å². The molecule has 0 bridgehead atoms. The minimum absolute atomic E-state index is 0.0730. The summed E-state index contributed by atoms with van der Waals surface area (Å²) in [4.78, 5) is 25.6. The fourth-order valence-electron chi connectivity index (χ4n) is 9.06. The Morgan fingerprint density at radius 3 is 1.03 bits per heavy atom. The van der Waals surface area contributed by atoms with E-state index < -0.39 is 6.10 Å². The summed E-state index contributed by atoms with van der Waals surface area (Å²) in [6, 6.07) is 0. The maximum absolute atomic E-state index is 12.9. The molecular formula is C67H120O5. The number of unbranched alkanes of at least 4 members (excludes halogenated alkanes) is 35. The van der Waals surface area contributed by atoms with Gasteiger partial charge >= 0.3 is 11.9 Å². The van der Waals surface area contributed by atoms with Crippen molar-refractivity contribution in [1.82, 2.24) is 0 Å². The quantitative estimate of drug-likeness (QED) is 0.0345. The van der Waals surface area contributed by atoms with Gasteiger partial charge in [0.25, 0.3) is 0 Å². The normalized spacial score (nSPS) is 12.7. The summed E-state index contributed by atoms with van der Waals surface area (Å²) in [5, 5.41) is 0. The van der Waals surface area contributed by atoms with Gasteiger partial charge in [-0.1, -0.05) is 286 Å². The van der Waals surface area contributed by atoms with E-state index in [0.717, 1.165) is 83.5 Å². The second-order valence-corrected chi connectivity index (χ2v) is 20.9. The molecule has 0 rings (SSSR count). The number of carbonyl (C=O) groups excluding carboxylic acids is 2.